The van der Waals surface area contributed by atoms with Gasteiger partial charge in [0.05, 0.1) is 18.1 Å². The minimum absolute atomic E-state index is 0.0551. The fourth-order valence-corrected chi connectivity index (χ4v) is 4.23. The van der Waals surface area contributed by atoms with Crippen LogP contribution in [0.25, 0.3) is 0 Å². The van der Waals surface area contributed by atoms with Crippen molar-refractivity contribution in [1.29, 1.82) is 0 Å². The third kappa shape index (κ3) is 3.67. The van der Waals surface area contributed by atoms with Crippen LogP contribution in [0.1, 0.15) is 49.3 Å². The summed E-state index contributed by atoms with van der Waals surface area (Å²) in [6.45, 7) is 4.79. The molecule has 2 fully saturated rings. The van der Waals surface area contributed by atoms with Crippen molar-refractivity contribution in [2.45, 2.75) is 44.6 Å². The maximum atomic E-state index is 11.8. The van der Waals surface area contributed by atoms with Gasteiger partial charge in [0, 0.05) is 63.0 Å². The topological polar surface area (TPSA) is 70.1 Å². The second-order valence-electron chi connectivity index (χ2n) is 7.58. The average Bonchev–Trinajstić information content (AvgIpc) is 3.13. The first-order valence-electron chi connectivity index (χ1n) is 9.73. The molecule has 7 heteroatoms. The van der Waals surface area contributed by atoms with Crippen molar-refractivity contribution in [3.63, 3.8) is 0 Å². The van der Waals surface area contributed by atoms with Crippen LogP contribution in [-0.4, -0.2) is 51.1 Å². The van der Waals surface area contributed by atoms with Crippen LogP contribution in [0.5, 0.6) is 0 Å². The number of hydrogen-bond acceptors (Lipinski definition) is 5. The van der Waals surface area contributed by atoms with E-state index in [1.54, 1.807) is 19.3 Å². The van der Waals surface area contributed by atoms with E-state index in [1.807, 2.05) is 6.20 Å². The van der Waals surface area contributed by atoms with E-state index in [2.05, 4.69) is 25.1 Å². The van der Waals surface area contributed by atoms with Crippen LogP contribution in [0.15, 0.2) is 23.3 Å². The summed E-state index contributed by atoms with van der Waals surface area (Å²) in [5, 5.41) is 11.7. The van der Waals surface area contributed by atoms with E-state index in [1.165, 1.54) is 48.0 Å². The standard InChI is InChI=1S/C19H28N6O/c1-23-18(26)11-17(13-21-23)25-9-7-24(8-10-25)14-16-12-20-22-19(16)15-5-3-2-4-6-15/h11-13,15H,2-10,14H2,1H3,(H,20,22). The molecule has 1 aliphatic heterocycles. The van der Waals surface area contributed by atoms with Gasteiger partial charge in [-0.3, -0.25) is 14.8 Å². The molecule has 1 aliphatic carbocycles. The van der Waals surface area contributed by atoms with Crippen molar-refractivity contribution < 1.29 is 0 Å². The van der Waals surface area contributed by atoms with Gasteiger partial charge >= 0.3 is 0 Å². The van der Waals surface area contributed by atoms with Crippen LogP contribution in [0.4, 0.5) is 5.69 Å². The SMILES string of the molecule is Cn1ncc(N2CCN(Cc3cn[nH]c3C3CCCCC3)CC2)cc1=O. The number of rotatable bonds is 4. The first-order chi connectivity index (χ1) is 12.7. The normalized spacial score (nSPS) is 19.8. The monoisotopic (exact) mass is 356 g/mol. The number of H-pyrrole nitrogens is 1. The highest BCUT2D eigenvalue weighted by molar-refractivity contribution is 5.43. The van der Waals surface area contributed by atoms with Crippen LogP contribution < -0.4 is 10.5 Å². The molecule has 2 aliphatic rings. The van der Waals surface area contributed by atoms with Crippen LogP contribution in [0, 0.1) is 0 Å². The molecule has 4 rings (SSSR count). The van der Waals surface area contributed by atoms with Crippen molar-refractivity contribution >= 4 is 5.69 Å². The van der Waals surface area contributed by atoms with E-state index in [0.717, 1.165) is 38.4 Å². The first kappa shape index (κ1) is 17.3. The molecule has 0 atom stereocenters. The Morgan fingerprint density at radius 2 is 1.88 bits per heavy atom. The lowest BCUT2D eigenvalue weighted by Gasteiger charge is -2.36. The zero-order valence-electron chi connectivity index (χ0n) is 15.5. The summed E-state index contributed by atoms with van der Waals surface area (Å²) in [6, 6.07) is 1.68. The Balaban J connectivity index is 1.36. The smallest absolute Gasteiger partial charge is 0.268 e. The van der Waals surface area contributed by atoms with E-state index >= 15 is 0 Å². The number of anilines is 1. The largest absolute Gasteiger partial charge is 0.368 e. The lowest BCUT2D eigenvalue weighted by Crippen LogP contribution is -2.46. The Bertz CT molecular complexity index is 783. The highest BCUT2D eigenvalue weighted by Gasteiger charge is 2.23. The summed E-state index contributed by atoms with van der Waals surface area (Å²) in [5.74, 6) is 0.661. The molecule has 1 N–H and O–H groups in total. The maximum absolute atomic E-state index is 11.8. The van der Waals surface area contributed by atoms with Crippen molar-refractivity contribution in [3.8, 4) is 0 Å². The van der Waals surface area contributed by atoms with Gasteiger partial charge in [0.1, 0.15) is 0 Å². The number of aryl methyl sites for hydroxylation is 1. The van der Waals surface area contributed by atoms with E-state index in [-0.39, 0.29) is 5.56 Å². The number of aromatic amines is 1. The molecular formula is C19H28N6O. The molecule has 2 aromatic rings. The highest BCUT2D eigenvalue weighted by Crippen LogP contribution is 2.33. The molecule has 0 aromatic carbocycles. The van der Waals surface area contributed by atoms with Crippen molar-refractivity contribution in [2.75, 3.05) is 31.1 Å². The molecule has 3 heterocycles. The lowest BCUT2D eigenvalue weighted by molar-refractivity contribution is 0.248. The molecule has 0 radical (unpaired) electrons. The molecule has 0 spiro atoms. The number of nitrogens with one attached hydrogen (secondary N) is 1. The number of nitrogens with zero attached hydrogens (tertiary/aromatic N) is 5. The zero-order chi connectivity index (χ0) is 17.9. The van der Waals surface area contributed by atoms with Gasteiger partial charge in [-0.15, -0.1) is 0 Å². The molecule has 2 aromatic heterocycles. The molecule has 1 saturated heterocycles. The number of piperazine rings is 1. The number of hydrogen-bond donors (Lipinski definition) is 1. The molecule has 1 saturated carbocycles. The van der Waals surface area contributed by atoms with E-state index in [0.29, 0.717) is 5.92 Å². The van der Waals surface area contributed by atoms with Crippen LogP contribution in [0.2, 0.25) is 0 Å². The summed E-state index contributed by atoms with van der Waals surface area (Å²) < 4.78 is 1.37. The second-order valence-corrected chi connectivity index (χ2v) is 7.58. The van der Waals surface area contributed by atoms with Gasteiger partial charge in [0.25, 0.3) is 5.56 Å². The third-order valence-corrected chi connectivity index (χ3v) is 5.85. The van der Waals surface area contributed by atoms with Gasteiger partial charge in [-0.05, 0) is 12.8 Å². The van der Waals surface area contributed by atoms with Gasteiger partial charge in [0.2, 0.25) is 0 Å². The molecule has 140 valence electrons. The molecular weight excluding hydrogens is 328 g/mol. The minimum atomic E-state index is -0.0551. The van der Waals surface area contributed by atoms with Gasteiger partial charge < -0.3 is 4.90 Å². The minimum Gasteiger partial charge on any atom is -0.368 e. The van der Waals surface area contributed by atoms with Gasteiger partial charge in [0.15, 0.2) is 0 Å². The summed E-state index contributed by atoms with van der Waals surface area (Å²) in [5.41, 5.74) is 3.60. The summed E-state index contributed by atoms with van der Waals surface area (Å²) in [4.78, 5) is 16.5. The fourth-order valence-electron chi connectivity index (χ4n) is 4.23. The average molecular weight is 356 g/mol. The Morgan fingerprint density at radius 3 is 2.62 bits per heavy atom. The number of aromatic nitrogens is 4. The summed E-state index contributed by atoms with van der Waals surface area (Å²) in [7, 11) is 1.68. The van der Waals surface area contributed by atoms with Gasteiger partial charge in [-0.25, -0.2) is 4.68 Å². The van der Waals surface area contributed by atoms with Crippen LogP contribution in [0.3, 0.4) is 0 Å². The van der Waals surface area contributed by atoms with E-state index in [4.69, 9.17) is 0 Å². The molecule has 0 amide bonds. The highest BCUT2D eigenvalue weighted by atomic mass is 16.1. The zero-order valence-corrected chi connectivity index (χ0v) is 15.5. The van der Waals surface area contributed by atoms with Crippen LogP contribution in [-0.2, 0) is 13.6 Å². The predicted octanol–water partition coefficient (Wildman–Crippen LogP) is 1.87. The van der Waals surface area contributed by atoms with Crippen molar-refractivity contribution in [2.24, 2.45) is 7.05 Å². The van der Waals surface area contributed by atoms with Gasteiger partial charge in [-0.2, -0.15) is 10.2 Å². The molecule has 26 heavy (non-hydrogen) atoms. The molecule has 0 unspecified atom stereocenters. The van der Waals surface area contributed by atoms with Crippen molar-refractivity contribution in [3.05, 3.63) is 40.1 Å². The van der Waals surface area contributed by atoms with E-state index in [9.17, 15) is 4.79 Å². The summed E-state index contributed by atoms with van der Waals surface area (Å²) in [6.07, 6.45) is 10.4. The van der Waals surface area contributed by atoms with E-state index < -0.39 is 0 Å². The van der Waals surface area contributed by atoms with Crippen molar-refractivity contribution in [1.82, 2.24) is 24.9 Å². The van der Waals surface area contributed by atoms with Crippen LogP contribution >= 0.6 is 0 Å². The fraction of sp³-hybridized carbons (Fsp3) is 0.632. The molecule has 0 bridgehead atoms. The maximum Gasteiger partial charge on any atom is 0.268 e. The first-order valence-corrected chi connectivity index (χ1v) is 9.73. The Kier molecular flexibility index (Phi) is 5.06. The lowest BCUT2D eigenvalue weighted by atomic mass is 9.85. The second kappa shape index (κ2) is 7.61. The Hall–Kier alpha value is -2.15. The third-order valence-electron chi connectivity index (χ3n) is 5.85. The quantitative estimate of drug-likeness (QED) is 0.906. The Labute approximate surface area is 154 Å². The summed E-state index contributed by atoms with van der Waals surface area (Å²) >= 11 is 0. The molecule has 7 nitrogen and oxygen atoms in total. The van der Waals surface area contributed by atoms with Gasteiger partial charge in [-0.1, -0.05) is 19.3 Å². The Morgan fingerprint density at radius 1 is 1.12 bits per heavy atom. The predicted molar refractivity (Wildman–Crippen MR) is 101 cm³/mol.